The van der Waals surface area contributed by atoms with E-state index in [0.717, 1.165) is 31.6 Å². The highest BCUT2D eigenvalue weighted by Gasteiger charge is 2.22. The molecule has 1 amide bonds. The van der Waals surface area contributed by atoms with Crippen molar-refractivity contribution in [1.82, 2.24) is 19.6 Å². The molecular formula is C23H22FN5O. The van der Waals surface area contributed by atoms with Crippen molar-refractivity contribution in [2.45, 2.75) is 13.0 Å². The Kier molecular flexibility index (Phi) is 5.87. The summed E-state index contributed by atoms with van der Waals surface area (Å²) in [5.41, 5.74) is 2.75. The summed E-state index contributed by atoms with van der Waals surface area (Å²) in [6, 6.07) is 17.5. The molecule has 2 aromatic carbocycles. The average Bonchev–Trinajstić information content (AvgIpc) is 3.15. The first-order valence-corrected chi connectivity index (χ1v) is 9.95. The first kappa shape index (κ1) is 19.8. The molecule has 6 nitrogen and oxygen atoms in total. The topological polar surface area (TPSA) is 65.2 Å². The van der Waals surface area contributed by atoms with Gasteiger partial charge in [0, 0.05) is 38.9 Å². The molecule has 7 heteroatoms. The third-order valence-corrected chi connectivity index (χ3v) is 5.25. The number of halogens is 1. The minimum atomic E-state index is -0.342. The van der Waals surface area contributed by atoms with Crippen LogP contribution in [0.3, 0.4) is 0 Å². The van der Waals surface area contributed by atoms with Crippen molar-refractivity contribution in [2.75, 3.05) is 26.2 Å². The maximum Gasteiger partial charge on any atom is 0.274 e. The zero-order valence-electron chi connectivity index (χ0n) is 16.5. The normalized spacial score (nSPS) is 14.9. The Bertz CT molecular complexity index is 1070. The van der Waals surface area contributed by atoms with Crippen molar-refractivity contribution in [2.24, 2.45) is 0 Å². The first-order valence-electron chi connectivity index (χ1n) is 9.95. The second-order valence-corrected chi connectivity index (χ2v) is 7.36. The number of hydrogen-bond donors (Lipinski definition) is 0. The number of benzene rings is 2. The van der Waals surface area contributed by atoms with Gasteiger partial charge in [0.25, 0.3) is 5.91 Å². The lowest BCUT2D eigenvalue weighted by atomic mass is 10.1. The summed E-state index contributed by atoms with van der Waals surface area (Å²) in [6.45, 7) is 3.78. The Morgan fingerprint density at radius 1 is 1.07 bits per heavy atom. The van der Waals surface area contributed by atoms with E-state index in [1.165, 1.54) is 16.8 Å². The Labute approximate surface area is 174 Å². The van der Waals surface area contributed by atoms with Crippen molar-refractivity contribution in [3.63, 3.8) is 0 Å². The smallest absolute Gasteiger partial charge is 0.274 e. The molecule has 1 aromatic heterocycles. The lowest BCUT2D eigenvalue weighted by Gasteiger charge is -2.21. The maximum atomic E-state index is 13.4. The van der Waals surface area contributed by atoms with Crippen molar-refractivity contribution < 1.29 is 9.18 Å². The van der Waals surface area contributed by atoms with E-state index >= 15 is 0 Å². The average molecular weight is 403 g/mol. The van der Waals surface area contributed by atoms with Gasteiger partial charge in [0.1, 0.15) is 5.82 Å². The largest absolute Gasteiger partial charge is 0.336 e. The number of nitriles is 1. The fraction of sp³-hybridized carbons (Fsp3) is 0.261. The zero-order valence-corrected chi connectivity index (χ0v) is 16.5. The standard InChI is InChI=1S/C23H22FN5O/c24-20-3-1-4-21(15-20)29-12-9-22(26-29)23(30)28-11-2-10-27(13-14-28)17-19-7-5-18(16-25)6-8-19/h1,3-9,12,15H,2,10-11,13-14,17H2. The van der Waals surface area contributed by atoms with Gasteiger partial charge in [-0.3, -0.25) is 9.69 Å². The van der Waals surface area contributed by atoms with Crippen LogP contribution in [0.25, 0.3) is 5.69 Å². The number of carbonyl (C=O) groups excluding carboxylic acids is 1. The molecule has 1 aliphatic rings. The fourth-order valence-electron chi connectivity index (χ4n) is 3.64. The van der Waals surface area contributed by atoms with E-state index in [1.807, 2.05) is 29.2 Å². The Balaban J connectivity index is 1.38. The Morgan fingerprint density at radius 2 is 1.90 bits per heavy atom. The summed E-state index contributed by atoms with van der Waals surface area (Å²) in [6.07, 6.45) is 2.56. The van der Waals surface area contributed by atoms with Crippen LogP contribution in [0.5, 0.6) is 0 Å². The molecule has 1 fully saturated rings. The summed E-state index contributed by atoms with van der Waals surface area (Å²) in [4.78, 5) is 17.1. The van der Waals surface area contributed by atoms with Gasteiger partial charge in [-0.15, -0.1) is 0 Å². The summed E-state index contributed by atoms with van der Waals surface area (Å²) < 4.78 is 15.0. The number of rotatable bonds is 4. The van der Waals surface area contributed by atoms with Crippen molar-refractivity contribution >= 4 is 5.91 Å². The van der Waals surface area contributed by atoms with Gasteiger partial charge in [-0.05, 0) is 48.4 Å². The monoisotopic (exact) mass is 403 g/mol. The summed E-state index contributed by atoms with van der Waals surface area (Å²) in [5.74, 6) is -0.448. The van der Waals surface area contributed by atoms with E-state index in [1.54, 1.807) is 24.4 Å². The van der Waals surface area contributed by atoms with Crippen LogP contribution in [-0.4, -0.2) is 51.7 Å². The number of hydrogen-bond acceptors (Lipinski definition) is 4. The SMILES string of the molecule is N#Cc1ccc(CN2CCCN(C(=O)c3ccn(-c4cccc(F)c4)n3)CC2)cc1. The van der Waals surface area contributed by atoms with Gasteiger partial charge >= 0.3 is 0 Å². The van der Waals surface area contributed by atoms with E-state index in [2.05, 4.69) is 16.1 Å². The van der Waals surface area contributed by atoms with Gasteiger partial charge in [-0.25, -0.2) is 9.07 Å². The lowest BCUT2D eigenvalue weighted by molar-refractivity contribution is 0.0754. The molecule has 3 aromatic rings. The predicted octanol–water partition coefficient (Wildman–Crippen LogP) is 3.23. The van der Waals surface area contributed by atoms with Gasteiger partial charge in [0.15, 0.2) is 5.69 Å². The molecule has 1 aliphatic heterocycles. The van der Waals surface area contributed by atoms with Crippen molar-refractivity contribution in [3.05, 3.63) is 83.4 Å². The van der Waals surface area contributed by atoms with Crippen LogP contribution in [0.2, 0.25) is 0 Å². The minimum Gasteiger partial charge on any atom is -0.336 e. The van der Waals surface area contributed by atoms with Gasteiger partial charge in [0.2, 0.25) is 0 Å². The molecule has 0 unspecified atom stereocenters. The number of aromatic nitrogens is 2. The summed E-state index contributed by atoms with van der Waals surface area (Å²) >= 11 is 0. The first-order chi connectivity index (χ1) is 14.6. The van der Waals surface area contributed by atoms with Crippen LogP contribution in [0.1, 0.15) is 28.0 Å². The molecule has 4 rings (SSSR count). The Hall–Kier alpha value is -3.50. The maximum absolute atomic E-state index is 13.4. The van der Waals surface area contributed by atoms with Crippen molar-refractivity contribution in [3.8, 4) is 11.8 Å². The van der Waals surface area contributed by atoms with Crippen LogP contribution in [-0.2, 0) is 6.54 Å². The highest BCUT2D eigenvalue weighted by molar-refractivity contribution is 5.92. The van der Waals surface area contributed by atoms with Gasteiger partial charge in [-0.2, -0.15) is 10.4 Å². The second-order valence-electron chi connectivity index (χ2n) is 7.36. The van der Waals surface area contributed by atoms with E-state index in [0.29, 0.717) is 30.0 Å². The fourth-order valence-corrected chi connectivity index (χ4v) is 3.64. The Morgan fingerprint density at radius 3 is 2.67 bits per heavy atom. The number of nitrogens with zero attached hydrogens (tertiary/aromatic N) is 5. The summed E-state index contributed by atoms with van der Waals surface area (Å²) in [5, 5.41) is 13.3. The highest BCUT2D eigenvalue weighted by atomic mass is 19.1. The van der Waals surface area contributed by atoms with Gasteiger partial charge in [0.05, 0.1) is 17.3 Å². The van der Waals surface area contributed by atoms with Gasteiger partial charge < -0.3 is 4.90 Å². The van der Waals surface area contributed by atoms with E-state index < -0.39 is 0 Å². The molecule has 152 valence electrons. The third kappa shape index (κ3) is 4.56. The quantitative estimate of drug-likeness (QED) is 0.671. The molecule has 0 saturated carbocycles. The van der Waals surface area contributed by atoms with Crippen LogP contribution >= 0.6 is 0 Å². The second kappa shape index (κ2) is 8.89. The van der Waals surface area contributed by atoms with E-state index in [9.17, 15) is 9.18 Å². The molecule has 2 heterocycles. The molecule has 1 saturated heterocycles. The summed E-state index contributed by atoms with van der Waals surface area (Å²) in [7, 11) is 0. The lowest BCUT2D eigenvalue weighted by Crippen LogP contribution is -2.35. The van der Waals surface area contributed by atoms with E-state index in [4.69, 9.17) is 5.26 Å². The molecule has 0 spiro atoms. The highest BCUT2D eigenvalue weighted by Crippen LogP contribution is 2.14. The minimum absolute atomic E-state index is 0.106. The number of amides is 1. The third-order valence-electron chi connectivity index (χ3n) is 5.25. The molecule has 0 aliphatic carbocycles. The van der Waals surface area contributed by atoms with Crippen LogP contribution in [0, 0.1) is 17.1 Å². The molecule has 0 atom stereocenters. The van der Waals surface area contributed by atoms with Crippen LogP contribution < -0.4 is 0 Å². The van der Waals surface area contributed by atoms with Crippen LogP contribution in [0.4, 0.5) is 4.39 Å². The predicted molar refractivity (Wildman–Crippen MR) is 110 cm³/mol. The number of carbonyl (C=O) groups is 1. The molecular weight excluding hydrogens is 381 g/mol. The molecule has 0 bridgehead atoms. The van der Waals surface area contributed by atoms with Crippen LogP contribution in [0.15, 0.2) is 60.8 Å². The van der Waals surface area contributed by atoms with E-state index in [-0.39, 0.29) is 11.7 Å². The molecule has 0 N–H and O–H groups in total. The molecule has 0 radical (unpaired) electrons. The molecule has 30 heavy (non-hydrogen) atoms. The van der Waals surface area contributed by atoms with Gasteiger partial charge in [-0.1, -0.05) is 18.2 Å². The van der Waals surface area contributed by atoms with Crippen molar-refractivity contribution in [1.29, 1.82) is 5.26 Å². The zero-order chi connectivity index (χ0) is 20.9.